The summed E-state index contributed by atoms with van der Waals surface area (Å²) in [6.45, 7) is 3.53. The van der Waals surface area contributed by atoms with Gasteiger partial charge in [0.1, 0.15) is 0 Å². The van der Waals surface area contributed by atoms with Crippen LogP contribution in [-0.4, -0.2) is 39.2 Å². The molecule has 2 heterocycles. The summed E-state index contributed by atoms with van der Waals surface area (Å²) in [7, 11) is 0. The summed E-state index contributed by atoms with van der Waals surface area (Å²) in [5, 5.41) is 19.5. The van der Waals surface area contributed by atoms with E-state index in [1.54, 1.807) is 11.6 Å². The van der Waals surface area contributed by atoms with Crippen molar-refractivity contribution in [1.29, 1.82) is 0 Å². The molecule has 2 N–H and O–H groups in total. The minimum absolute atomic E-state index is 0.0527. The van der Waals surface area contributed by atoms with Crippen molar-refractivity contribution in [2.45, 2.75) is 19.4 Å². The van der Waals surface area contributed by atoms with E-state index in [2.05, 4.69) is 15.6 Å². The maximum Gasteiger partial charge on any atom is 0.358 e. The van der Waals surface area contributed by atoms with Crippen LogP contribution < -0.4 is 5.32 Å². The minimum Gasteiger partial charge on any atom is -0.476 e. The number of aromatic nitrogens is 3. The normalized spacial score (nSPS) is 21.4. The van der Waals surface area contributed by atoms with Crippen LogP contribution in [0, 0.1) is 6.92 Å². The molecule has 1 atom stereocenters. The Morgan fingerprint density at radius 2 is 2.50 bits per heavy atom. The fraction of sp³-hybridized carbons (Fsp3) is 0.625. The summed E-state index contributed by atoms with van der Waals surface area (Å²) in [5.74, 6) is -1.01. The zero-order chi connectivity index (χ0) is 10.1. The summed E-state index contributed by atoms with van der Waals surface area (Å²) < 4.78 is 1.70. The first-order valence-electron chi connectivity index (χ1n) is 4.56. The molecule has 0 radical (unpaired) electrons. The average molecular weight is 196 g/mol. The molecule has 0 aliphatic carbocycles. The second-order valence-electron chi connectivity index (χ2n) is 3.42. The van der Waals surface area contributed by atoms with Crippen molar-refractivity contribution < 1.29 is 9.90 Å². The zero-order valence-corrected chi connectivity index (χ0v) is 7.90. The molecule has 0 unspecified atom stereocenters. The molecule has 2 rings (SSSR count). The highest BCUT2D eigenvalue weighted by molar-refractivity contribution is 5.86. The number of carbonyl (C=O) groups is 1. The number of aromatic carboxylic acids is 1. The van der Waals surface area contributed by atoms with E-state index >= 15 is 0 Å². The van der Waals surface area contributed by atoms with Crippen LogP contribution in [0.4, 0.5) is 0 Å². The van der Waals surface area contributed by atoms with Gasteiger partial charge < -0.3 is 10.4 Å². The van der Waals surface area contributed by atoms with Gasteiger partial charge in [0.2, 0.25) is 0 Å². The topological polar surface area (TPSA) is 80.0 Å². The molecule has 1 aromatic heterocycles. The molecular weight excluding hydrogens is 184 g/mol. The van der Waals surface area contributed by atoms with Crippen molar-refractivity contribution in [3.8, 4) is 0 Å². The van der Waals surface area contributed by atoms with E-state index in [0.717, 1.165) is 19.5 Å². The number of hydrogen-bond acceptors (Lipinski definition) is 4. The second-order valence-corrected chi connectivity index (χ2v) is 3.42. The molecule has 6 nitrogen and oxygen atoms in total. The summed E-state index contributed by atoms with van der Waals surface area (Å²) in [6.07, 6.45) is 0.975. The lowest BCUT2D eigenvalue weighted by Gasteiger charge is -2.09. The number of hydrogen-bond donors (Lipinski definition) is 2. The molecule has 1 aliphatic rings. The Kier molecular flexibility index (Phi) is 2.20. The van der Waals surface area contributed by atoms with Gasteiger partial charge in [0.15, 0.2) is 5.69 Å². The van der Waals surface area contributed by atoms with E-state index in [1.807, 2.05) is 0 Å². The van der Waals surface area contributed by atoms with Gasteiger partial charge in [-0.3, -0.25) is 0 Å². The Balaban J connectivity index is 2.30. The molecule has 0 aromatic carbocycles. The van der Waals surface area contributed by atoms with Crippen molar-refractivity contribution in [3.63, 3.8) is 0 Å². The van der Waals surface area contributed by atoms with E-state index in [0.29, 0.717) is 5.69 Å². The largest absolute Gasteiger partial charge is 0.476 e. The molecule has 76 valence electrons. The van der Waals surface area contributed by atoms with Crippen molar-refractivity contribution in [1.82, 2.24) is 20.3 Å². The standard InChI is InChI=1S/C8H12N4O2/c1-5-7(8(13)14)10-11-12(5)6-2-3-9-4-6/h6,9H,2-4H2,1H3,(H,13,14)/t6-/m0/s1. The summed E-state index contributed by atoms with van der Waals surface area (Å²) in [4.78, 5) is 10.7. The number of nitrogens with zero attached hydrogens (tertiary/aromatic N) is 3. The smallest absolute Gasteiger partial charge is 0.358 e. The maximum absolute atomic E-state index is 10.7. The molecule has 0 saturated carbocycles. The van der Waals surface area contributed by atoms with Crippen LogP contribution in [0.15, 0.2) is 0 Å². The maximum atomic E-state index is 10.7. The van der Waals surface area contributed by atoms with Crippen molar-refractivity contribution in [2.24, 2.45) is 0 Å². The monoisotopic (exact) mass is 196 g/mol. The Bertz CT molecular complexity index is 354. The van der Waals surface area contributed by atoms with E-state index in [1.165, 1.54) is 0 Å². The average Bonchev–Trinajstić information content (AvgIpc) is 2.71. The zero-order valence-electron chi connectivity index (χ0n) is 7.90. The van der Waals surface area contributed by atoms with Gasteiger partial charge in [0, 0.05) is 6.54 Å². The summed E-state index contributed by atoms with van der Waals surface area (Å²) >= 11 is 0. The number of carboxylic acids is 1. The third-order valence-corrected chi connectivity index (χ3v) is 2.51. The molecule has 1 fully saturated rings. The lowest BCUT2D eigenvalue weighted by atomic mass is 10.2. The molecule has 14 heavy (non-hydrogen) atoms. The van der Waals surface area contributed by atoms with E-state index in [9.17, 15) is 4.79 Å². The van der Waals surface area contributed by atoms with Crippen LogP contribution in [0.2, 0.25) is 0 Å². The van der Waals surface area contributed by atoms with Gasteiger partial charge in [0.05, 0.1) is 11.7 Å². The number of carboxylic acid groups (broad SMARTS) is 1. The quantitative estimate of drug-likeness (QED) is 0.685. The van der Waals surface area contributed by atoms with Crippen molar-refractivity contribution in [2.75, 3.05) is 13.1 Å². The Hall–Kier alpha value is -1.43. The Morgan fingerprint density at radius 3 is 3.00 bits per heavy atom. The first-order valence-corrected chi connectivity index (χ1v) is 4.56. The van der Waals surface area contributed by atoms with E-state index < -0.39 is 5.97 Å². The predicted molar refractivity (Wildman–Crippen MR) is 48.2 cm³/mol. The lowest BCUT2D eigenvalue weighted by Crippen LogP contribution is -2.16. The van der Waals surface area contributed by atoms with Crippen LogP contribution in [0.25, 0.3) is 0 Å². The Labute approximate surface area is 80.9 Å². The van der Waals surface area contributed by atoms with Crippen LogP contribution in [0.3, 0.4) is 0 Å². The first kappa shape index (κ1) is 9.14. The molecule has 1 saturated heterocycles. The van der Waals surface area contributed by atoms with Gasteiger partial charge in [-0.2, -0.15) is 0 Å². The highest BCUT2D eigenvalue weighted by Crippen LogP contribution is 2.17. The summed E-state index contributed by atoms with van der Waals surface area (Å²) in [6, 6.07) is 0.246. The van der Waals surface area contributed by atoms with Gasteiger partial charge in [-0.1, -0.05) is 5.21 Å². The third-order valence-electron chi connectivity index (χ3n) is 2.51. The molecule has 1 aromatic rings. The lowest BCUT2D eigenvalue weighted by molar-refractivity contribution is 0.0689. The second kappa shape index (κ2) is 3.38. The molecule has 0 spiro atoms. The number of rotatable bonds is 2. The van der Waals surface area contributed by atoms with Gasteiger partial charge >= 0.3 is 5.97 Å². The molecule has 0 amide bonds. The van der Waals surface area contributed by atoms with Crippen molar-refractivity contribution in [3.05, 3.63) is 11.4 Å². The van der Waals surface area contributed by atoms with E-state index in [-0.39, 0.29) is 11.7 Å². The predicted octanol–water partition coefficient (Wildman–Crippen LogP) is -0.181. The van der Waals surface area contributed by atoms with E-state index in [4.69, 9.17) is 5.11 Å². The molecular formula is C8H12N4O2. The highest BCUT2D eigenvalue weighted by atomic mass is 16.4. The van der Waals surface area contributed by atoms with Gasteiger partial charge in [-0.05, 0) is 19.9 Å². The van der Waals surface area contributed by atoms with Gasteiger partial charge in [-0.25, -0.2) is 9.48 Å². The summed E-state index contributed by atoms with van der Waals surface area (Å²) in [5.41, 5.74) is 0.683. The van der Waals surface area contributed by atoms with Gasteiger partial charge in [-0.15, -0.1) is 5.10 Å². The van der Waals surface area contributed by atoms with Gasteiger partial charge in [0.25, 0.3) is 0 Å². The fourth-order valence-electron chi connectivity index (χ4n) is 1.73. The van der Waals surface area contributed by atoms with Crippen LogP contribution in [0.1, 0.15) is 28.6 Å². The molecule has 1 aliphatic heterocycles. The fourth-order valence-corrected chi connectivity index (χ4v) is 1.73. The molecule has 0 bridgehead atoms. The number of nitrogens with one attached hydrogen (secondary N) is 1. The van der Waals surface area contributed by atoms with Crippen LogP contribution in [-0.2, 0) is 0 Å². The highest BCUT2D eigenvalue weighted by Gasteiger charge is 2.23. The van der Waals surface area contributed by atoms with Crippen LogP contribution in [0.5, 0.6) is 0 Å². The third kappa shape index (κ3) is 1.37. The van der Waals surface area contributed by atoms with Crippen LogP contribution >= 0.6 is 0 Å². The SMILES string of the molecule is Cc1c(C(=O)O)nnn1[C@H]1CCNC1. The Morgan fingerprint density at radius 1 is 1.71 bits per heavy atom. The van der Waals surface area contributed by atoms with Crippen molar-refractivity contribution >= 4 is 5.97 Å². The minimum atomic E-state index is -1.01. The first-order chi connectivity index (χ1) is 6.70. The molecule has 6 heteroatoms.